The van der Waals surface area contributed by atoms with Gasteiger partial charge in [-0.05, 0) is 40.2 Å². The van der Waals surface area contributed by atoms with Crippen molar-refractivity contribution >= 4 is 33.6 Å². The van der Waals surface area contributed by atoms with Crippen molar-refractivity contribution in [2.45, 2.75) is 25.3 Å². The summed E-state index contributed by atoms with van der Waals surface area (Å²) in [6.07, 6.45) is 1.90. The lowest BCUT2D eigenvalue weighted by atomic mass is 9.98. The van der Waals surface area contributed by atoms with Gasteiger partial charge in [-0.25, -0.2) is 14.2 Å². The number of aromatic nitrogens is 1. The van der Waals surface area contributed by atoms with Gasteiger partial charge < -0.3 is 10.1 Å². The molecule has 1 fully saturated rings. The highest BCUT2D eigenvalue weighted by molar-refractivity contribution is 9.10. The minimum absolute atomic E-state index is 0.0115. The van der Waals surface area contributed by atoms with E-state index in [2.05, 4.69) is 31.5 Å². The Morgan fingerprint density at radius 1 is 1.33 bits per heavy atom. The van der Waals surface area contributed by atoms with Gasteiger partial charge >= 0.3 is 6.03 Å². The first-order valence-corrected chi connectivity index (χ1v) is 9.46. The molecule has 2 heterocycles. The average molecular weight is 434 g/mol. The minimum atomic E-state index is -0.411. The molecule has 2 amide bonds. The zero-order chi connectivity index (χ0) is 19.1. The molecule has 1 aliphatic carbocycles. The molecule has 3 atom stereocenters. The van der Waals surface area contributed by atoms with E-state index in [1.54, 1.807) is 25.3 Å². The maximum Gasteiger partial charge on any atom is 0.320 e. The Kier molecular flexibility index (Phi) is 4.59. The number of amides is 2. The number of nitrogens with one attached hydrogen (secondary N) is 2. The summed E-state index contributed by atoms with van der Waals surface area (Å²) in [6.45, 7) is 2.10. The highest BCUT2D eigenvalue weighted by Gasteiger charge is 2.57. The number of pyridine rings is 1. The van der Waals surface area contributed by atoms with Gasteiger partial charge in [-0.3, -0.25) is 10.1 Å². The summed E-state index contributed by atoms with van der Waals surface area (Å²) in [5.41, 5.74) is 0.791. The molecule has 0 saturated heterocycles. The van der Waals surface area contributed by atoms with E-state index in [1.807, 2.05) is 0 Å². The van der Waals surface area contributed by atoms with Crippen LogP contribution >= 0.6 is 15.9 Å². The topological polar surface area (TPSA) is 80.3 Å². The Labute approximate surface area is 163 Å². The second-order valence-corrected chi connectivity index (χ2v) is 7.52. The zero-order valence-electron chi connectivity index (χ0n) is 14.5. The predicted octanol–water partition coefficient (Wildman–Crippen LogP) is 3.87. The van der Waals surface area contributed by atoms with Crippen LogP contribution in [-0.2, 0) is 0 Å². The van der Waals surface area contributed by atoms with Gasteiger partial charge in [-0.15, -0.1) is 0 Å². The summed E-state index contributed by atoms with van der Waals surface area (Å²) in [5.74, 6) is 0.0329. The van der Waals surface area contributed by atoms with E-state index in [9.17, 15) is 14.0 Å². The van der Waals surface area contributed by atoms with Gasteiger partial charge in [0.2, 0.25) is 0 Å². The molecule has 1 aromatic heterocycles. The van der Waals surface area contributed by atoms with Crippen molar-refractivity contribution in [3.05, 3.63) is 51.9 Å². The SMILES string of the molecule is CCC(=O)c1ccc(F)c2c1OC[C@@H]1C(NC(=O)Nc3ccc(Br)cn3)[C@H]21. The number of hydrogen-bond acceptors (Lipinski definition) is 4. The number of anilines is 1. The lowest BCUT2D eigenvalue weighted by molar-refractivity contribution is 0.0983. The Hall–Kier alpha value is -2.48. The molecule has 1 unspecified atom stereocenters. The maximum atomic E-state index is 14.5. The number of rotatable bonds is 4. The van der Waals surface area contributed by atoms with Crippen LogP contribution in [0, 0.1) is 11.7 Å². The van der Waals surface area contributed by atoms with E-state index in [4.69, 9.17) is 4.74 Å². The predicted molar refractivity (Wildman–Crippen MR) is 101 cm³/mol. The van der Waals surface area contributed by atoms with Crippen LogP contribution in [0.25, 0.3) is 0 Å². The van der Waals surface area contributed by atoms with E-state index < -0.39 is 11.8 Å². The molecule has 0 radical (unpaired) electrons. The Balaban J connectivity index is 1.50. The molecule has 2 N–H and O–H groups in total. The third-order valence-electron chi connectivity index (χ3n) is 4.95. The molecule has 27 heavy (non-hydrogen) atoms. The van der Waals surface area contributed by atoms with Crippen molar-refractivity contribution in [1.82, 2.24) is 10.3 Å². The van der Waals surface area contributed by atoms with Crippen molar-refractivity contribution in [3.8, 4) is 5.75 Å². The number of Topliss-reactive ketones (excluding diaryl/α,β-unsaturated/α-hetero) is 1. The number of benzene rings is 1. The van der Waals surface area contributed by atoms with E-state index in [0.29, 0.717) is 35.7 Å². The van der Waals surface area contributed by atoms with Crippen molar-refractivity contribution < 1.29 is 18.7 Å². The van der Waals surface area contributed by atoms with Gasteiger partial charge in [0.15, 0.2) is 5.78 Å². The summed E-state index contributed by atoms with van der Waals surface area (Å²) in [5, 5.41) is 5.51. The largest absolute Gasteiger partial charge is 0.492 e. The molecular weight excluding hydrogens is 417 g/mol. The van der Waals surface area contributed by atoms with Gasteiger partial charge in [0, 0.05) is 40.5 Å². The molecule has 4 rings (SSSR count). The van der Waals surface area contributed by atoms with Gasteiger partial charge in [0.25, 0.3) is 0 Å². The van der Waals surface area contributed by atoms with Crippen LogP contribution < -0.4 is 15.4 Å². The second kappa shape index (κ2) is 6.92. The first-order valence-electron chi connectivity index (χ1n) is 8.67. The van der Waals surface area contributed by atoms with Gasteiger partial charge in [0.05, 0.1) is 12.2 Å². The molecule has 1 aromatic carbocycles. The standard InChI is InChI=1S/C19H17BrFN3O3/c1-2-13(25)10-4-5-12(21)16-15-11(8-27-18(10)16)17(15)24-19(26)23-14-6-3-9(20)7-22-14/h3-7,11,15,17H,2,8H2,1H3,(H2,22,23,24,26)/t11-,15-,17?/m0/s1. The fourth-order valence-electron chi connectivity index (χ4n) is 3.56. The van der Waals surface area contributed by atoms with Gasteiger partial charge in [0.1, 0.15) is 17.4 Å². The molecule has 2 aliphatic rings. The Morgan fingerprint density at radius 2 is 2.15 bits per heavy atom. The molecule has 0 spiro atoms. The number of carbonyl (C=O) groups is 2. The molecule has 0 bridgehead atoms. The number of ketones is 1. The summed E-state index contributed by atoms with van der Waals surface area (Å²) < 4.78 is 21.0. The molecule has 6 nitrogen and oxygen atoms in total. The summed E-state index contributed by atoms with van der Waals surface area (Å²) in [7, 11) is 0. The molecule has 1 saturated carbocycles. The first-order chi connectivity index (χ1) is 13.0. The van der Waals surface area contributed by atoms with Crippen LogP contribution in [0.4, 0.5) is 15.0 Å². The van der Waals surface area contributed by atoms with E-state index >= 15 is 0 Å². The normalized spacial score (nSPS) is 22.1. The quantitative estimate of drug-likeness (QED) is 0.717. The molecular formula is C19H17BrFN3O3. The number of urea groups is 1. The summed E-state index contributed by atoms with van der Waals surface area (Å²) >= 11 is 3.28. The molecule has 8 heteroatoms. The van der Waals surface area contributed by atoms with Gasteiger partial charge in [-0.2, -0.15) is 0 Å². The number of nitrogens with zero attached hydrogens (tertiary/aromatic N) is 1. The fourth-order valence-corrected chi connectivity index (χ4v) is 3.79. The molecule has 140 valence electrons. The lowest BCUT2D eigenvalue weighted by Crippen LogP contribution is -2.32. The van der Waals surface area contributed by atoms with E-state index in [-0.39, 0.29) is 23.7 Å². The maximum absolute atomic E-state index is 14.5. The third-order valence-corrected chi connectivity index (χ3v) is 5.42. The third kappa shape index (κ3) is 3.29. The summed E-state index contributed by atoms with van der Waals surface area (Å²) in [6, 6.07) is 5.55. The van der Waals surface area contributed by atoms with E-state index in [0.717, 1.165) is 4.47 Å². The smallest absolute Gasteiger partial charge is 0.320 e. The van der Waals surface area contributed by atoms with Crippen LogP contribution in [-0.4, -0.2) is 29.4 Å². The summed E-state index contributed by atoms with van der Waals surface area (Å²) in [4.78, 5) is 28.4. The van der Waals surface area contributed by atoms with Crippen LogP contribution in [0.5, 0.6) is 5.75 Å². The van der Waals surface area contributed by atoms with Crippen LogP contribution in [0.15, 0.2) is 34.9 Å². The lowest BCUT2D eigenvalue weighted by Gasteiger charge is -2.19. The number of hydrogen-bond donors (Lipinski definition) is 2. The number of halogens is 2. The van der Waals surface area contributed by atoms with Crippen molar-refractivity contribution in [1.29, 1.82) is 0 Å². The highest BCUT2D eigenvalue weighted by atomic mass is 79.9. The number of ether oxygens (including phenoxy) is 1. The monoisotopic (exact) mass is 433 g/mol. The highest BCUT2D eigenvalue weighted by Crippen LogP contribution is 2.55. The van der Waals surface area contributed by atoms with Crippen LogP contribution in [0.3, 0.4) is 0 Å². The first kappa shape index (κ1) is 17.9. The van der Waals surface area contributed by atoms with E-state index in [1.165, 1.54) is 12.1 Å². The average Bonchev–Trinajstić information content (AvgIpc) is 3.36. The number of fused-ring (bicyclic) bond motifs is 3. The molecule has 1 aliphatic heterocycles. The van der Waals surface area contributed by atoms with Crippen molar-refractivity contribution in [3.63, 3.8) is 0 Å². The second-order valence-electron chi connectivity index (χ2n) is 6.60. The fraction of sp³-hybridized carbons (Fsp3) is 0.316. The van der Waals surface area contributed by atoms with Crippen LogP contribution in [0.2, 0.25) is 0 Å². The van der Waals surface area contributed by atoms with Crippen molar-refractivity contribution in [2.75, 3.05) is 11.9 Å². The van der Waals surface area contributed by atoms with Crippen LogP contribution in [0.1, 0.15) is 35.2 Å². The van der Waals surface area contributed by atoms with Gasteiger partial charge in [-0.1, -0.05) is 6.92 Å². The zero-order valence-corrected chi connectivity index (χ0v) is 16.0. The Bertz CT molecular complexity index is 919. The Morgan fingerprint density at radius 3 is 2.85 bits per heavy atom. The molecule has 2 aromatic rings. The van der Waals surface area contributed by atoms with Crippen molar-refractivity contribution in [2.24, 2.45) is 5.92 Å². The minimum Gasteiger partial charge on any atom is -0.492 e. The number of carbonyl (C=O) groups excluding carboxylic acids is 2.